The Morgan fingerprint density at radius 3 is 2.24 bits per heavy atom. The minimum absolute atomic E-state index is 0.0704. The molecule has 0 aliphatic carbocycles. The number of benzene rings is 2. The molecule has 0 aliphatic heterocycles. The van der Waals surface area contributed by atoms with Crippen LogP contribution in [-0.4, -0.2) is 8.42 Å². The van der Waals surface area contributed by atoms with E-state index in [0.29, 0.717) is 0 Å². The fourth-order valence-electron chi connectivity index (χ4n) is 2.24. The van der Waals surface area contributed by atoms with Gasteiger partial charge >= 0.3 is 0 Å². The van der Waals surface area contributed by atoms with Crippen LogP contribution in [0.25, 0.3) is 11.0 Å². The lowest BCUT2D eigenvalue weighted by atomic mass is 10.2. The second kappa shape index (κ2) is 4.66. The van der Waals surface area contributed by atoms with Gasteiger partial charge in [-0.15, -0.1) is 0 Å². The van der Waals surface area contributed by atoms with Crippen molar-refractivity contribution in [3.63, 3.8) is 0 Å². The highest BCUT2D eigenvalue weighted by molar-refractivity contribution is 7.91. The van der Waals surface area contributed by atoms with Crippen LogP contribution in [0.5, 0.6) is 0 Å². The van der Waals surface area contributed by atoms with Crippen molar-refractivity contribution in [3.8, 4) is 0 Å². The molecule has 0 unspecified atom stereocenters. The fraction of sp³-hybridized carbons (Fsp3) is 0.0667. The molecule has 3 aromatic rings. The zero-order valence-electron chi connectivity index (χ0n) is 10.9. The van der Waals surface area contributed by atoms with Crippen LogP contribution < -0.4 is 0 Å². The molecule has 0 atom stereocenters. The van der Waals surface area contributed by atoms with Gasteiger partial charge in [0.1, 0.15) is 27.9 Å². The molecule has 0 saturated carbocycles. The third kappa shape index (κ3) is 2.21. The van der Waals surface area contributed by atoms with Crippen molar-refractivity contribution >= 4 is 20.8 Å². The molecule has 1 heterocycles. The first-order valence-electron chi connectivity index (χ1n) is 6.09. The van der Waals surface area contributed by atoms with E-state index in [0.717, 1.165) is 18.2 Å². The number of rotatable bonds is 2. The summed E-state index contributed by atoms with van der Waals surface area (Å²) in [6.07, 6.45) is 0. The first kappa shape index (κ1) is 13.8. The van der Waals surface area contributed by atoms with Gasteiger partial charge in [-0.2, -0.15) is 0 Å². The number of hydrogen-bond donors (Lipinski definition) is 0. The molecule has 0 saturated heterocycles. The third-order valence-corrected chi connectivity index (χ3v) is 5.10. The van der Waals surface area contributed by atoms with Gasteiger partial charge in [0.15, 0.2) is 0 Å². The zero-order valence-corrected chi connectivity index (χ0v) is 11.7. The lowest BCUT2D eigenvalue weighted by Gasteiger charge is -2.04. The van der Waals surface area contributed by atoms with Gasteiger partial charge in [-0.25, -0.2) is 17.2 Å². The van der Waals surface area contributed by atoms with Crippen molar-refractivity contribution in [1.29, 1.82) is 0 Å². The lowest BCUT2D eigenvalue weighted by molar-refractivity contribution is 0.557. The molecule has 3 rings (SSSR count). The number of halogens is 2. The second-order valence-corrected chi connectivity index (χ2v) is 6.47. The van der Waals surface area contributed by atoms with Crippen LogP contribution in [0.4, 0.5) is 8.78 Å². The van der Waals surface area contributed by atoms with Crippen molar-refractivity contribution in [2.45, 2.75) is 16.7 Å². The molecular weight excluding hydrogens is 298 g/mol. The number of hydrogen-bond acceptors (Lipinski definition) is 3. The predicted molar refractivity (Wildman–Crippen MR) is 72.8 cm³/mol. The molecule has 0 spiro atoms. The third-order valence-electron chi connectivity index (χ3n) is 3.16. The molecule has 0 N–H and O–H groups in total. The molecule has 0 bridgehead atoms. The molecule has 1 aromatic heterocycles. The molecule has 108 valence electrons. The van der Waals surface area contributed by atoms with Crippen LogP contribution >= 0.6 is 0 Å². The molecule has 0 fully saturated rings. The van der Waals surface area contributed by atoms with E-state index < -0.39 is 21.5 Å². The maximum Gasteiger partial charge on any atom is 0.210 e. The second-order valence-electron chi connectivity index (χ2n) is 4.59. The maximum atomic E-state index is 13.4. The summed E-state index contributed by atoms with van der Waals surface area (Å²) in [6, 6.07) is 8.14. The smallest absolute Gasteiger partial charge is 0.210 e. The van der Waals surface area contributed by atoms with Gasteiger partial charge in [-0.3, -0.25) is 0 Å². The molecule has 6 heteroatoms. The molecule has 3 nitrogen and oxygen atoms in total. The van der Waals surface area contributed by atoms with Gasteiger partial charge in [0.2, 0.25) is 9.84 Å². The van der Waals surface area contributed by atoms with Gasteiger partial charge < -0.3 is 4.42 Å². The van der Waals surface area contributed by atoms with Crippen LogP contribution in [0.3, 0.4) is 0 Å². The van der Waals surface area contributed by atoms with E-state index in [-0.39, 0.29) is 26.5 Å². The Balaban J connectivity index is 2.30. The van der Waals surface area contributed by atoms with Crippen molar-refractivity contribution < 1.29 is 21.6 Å². The Hall–Kier alpha value is -2.21. The largest absolute Gasteiger partial charge is 0.460 e. The van der Waals surface area contributed by atoms with Crippen LogP contribution in [-0.2, 0) is 9.84 Å². The highest BCUT2D eigenvalue weighted by Crippen LogP contribution is 2.33. The zero-order chi connectivity index (χ0) is 15.2. The average molecular weight is 308 g/mol. The highest BCUT2D eigenvalue weighted by Gasteiger charge is 2.26. The van der Waals surface area contributed by atoms with Crippen molar-refractivity contribution in [2.75, 3.05) is 0 Å². The van der Waals surface area contributed by atoms with Gasteiger partial charge in [-0.05, 0) is 49.4 Å². The normalized spacial score (nSPS) is 12.0. The van der Waals surface area contributed by atoms with Crippen LogP contribution in [0.1, 0.15) is 5.76 Å². The molecule has 0 radical (unpaired) electrons. The Morgan fingerprint density at radius 1 is 0.952 bits per heavy atom. The SMILES string of the molecule is Cc1oc2ccc(F)cc2c1S(=O)(=O)c1ccc(F)cc1. The molecule has 0 amide bonds. The summed E-state index contributed by atoms with van der Waals surface area (Å²) in [6.45, 7) is 1.49. The summed E-state index contributed by atoms with van der Waals surface area (Å²) in [5.74, 6) is -0.924. The maximum absolute atomic E-state index is 13.4. The Kier molecular flexibility index (Phi) is 3.06. The topological polar surface area (TPSA) is 47.3 Å². The number of fused-ring (bicyclic) bond motifs is 1. The summed E-state index contributed by atoms with van der Waals surface area (Å²) >= 11 is 0. The van der Waals surface area contributed by atoms with E-state index in [1.165, 1.54) is 31.2 Å². The number of aryl methyl sites for hydroxylation is 1. The average Bonchev–Trinajstić information content (AvgIpc) is 2.75. The number of furan rings is 1. The summed E-state index contributed by atoms with van der Waals surface area (Å²) in [4.78, 5) is -0.164. The van der Waals surface area contributed by atoms with Crippen LogP contribution in [0.2, 0.25) is 0 Å². The monoisotopic (exact) mass is 308 g/mol. The number of sulfone groups is 1. The Morgan fingerprint density at radius 2 is 1.57 bits per heavy atom. The molecule has 2 aromatic carbocycles. The van der Waals surface area contributed by atoms with Gasteiger partial charge in [0.05, 0.1) is 4.90 Å². The first-order valence-corrected chi connectivity index (χ1v) is 7.57. The first-order chi connectivity index (χ1) is 9.89. The van der Waals surface area contributed by atoms with E-state index in [4.69, 9.17) is 4.42 Å². The standard InChI is InChI=1S/C15H10F2O3S/c1-9-15(13-8-11(17)4-7-14(13)20-9)21(18,19)12-5-2-10(16)3-6-12/h2-8H,1H3. The summed E-state index contributed by atoms with van der Waals surface area (Å²) in [5, 5.41) is 0.178. The van der Waals surface area contributed by atoms with Gasteiger partial charge in [-0.1, -0.05) is 0 Å². The fourth-order valence-corrected chi connectivity index (χ4v) is 3.83. The molecule has 0 aliphatic rings. The van der Waals surface area contributed by atoms with E-state index in [1.54, 1.807) is 0 Å². The quantitative estimate of drug-likeness (QED) is 0.676. The minimum Gasteiger partial charge on any atom is -0.460 e. The Bertz CT molecular complexity index is 925. The summed E-state index contributed by atoms with van der Waals surface area (Å²) in [7, 11) is -3.91. The molecular formula is C15H10F2O3S. The Labute approximate surface area is 119 Å². The van der Waals surface area contributed by atoms with Gasteiger partial charge in [0, 0.05) is 5.39 Å². The van der Waals surface area contributed by atoms with Crippen molar-refractivity contribution in [1.82, 2.24) is 0 Å². The van der Waals surface area contributed by atoms with Crippen LogP contribution in [0, 0.1) is 18.6 Å². The summed E-state index contributed by atoms with van der Waals surface area (Å²) < 4.78 is 57.0. The van der Waals surface area contributed by atoms with Crippen molar-refractivity contribution in [3.05, 3.63) is 59.9 Å². The summed E-state index contributed by atoms with van der Waals surface area (Å²) in [5.41, 5.74) is 0.287. The minimum atomic E-state index is -3.91. The van der Waals surface area contributed by atoms with Crippen molar-refractivity contribution in [2.24, 2.45) is 0 Å². The van der Waals surface area contributed by atoms with E-state index in [1.807, 2.05) is 0 Å². The van der Waals surface area contributed by atoms with E-state index in [9.17, 15) is 17.2 Å². The predicted octanol–water partition coefficient (Wildman–Crippen LogP) is 3.85. The molecule has 21 heavy (non-hydrogen) atoms. The lowest BCUT2D eigenvalue weighted by Crippen LogP contribution is -2.03. The van der Waals surface area contributed by atoms with Gasteiger partial charge in [0.25, 0.3) is 0 Å². The van der Waals surface area contributed by atoms with E-state index in [2.05, 4.69) is 0 Å². The van der Waals surface area contributed by atoms with E-state index >= 15 is 0 Å². The highest BCUT2D eigenvalue weighted by atomic mass is 32.2. The van der Waals surface area contributed by atoms with Crippen LogP contribution in [0.15, 0.2) is 56.7 Å².